The van der Waals surface area contributed by atoms with E-state index in [4.69, 9.17) is 0 Å². The van der Waals surface area contributed by atoms with Crippen molar-refractivity contribution in [3.63, 3.8) is 0 Å². The maximum atomic E-state index is 12.0. The van der Waals surface area contributed by atoms with Gasteiger partial charge in [-0.1, -0.05) is 12.1 Å². The van der Waals surface area contributed by atoms with E-state index in [2.05, 4.69) is 45.0 Å². The molecule has 0 aromatic heterocycles. The lowest BCUT2D eigenvalue weighted by molar-refractivity contribution is -0.117. The minimum absolute atomic E-state index is 0.0632. The fourth-order valence-corrected chi connectivity index (χ4v) is 2.63. The summed E-state index contributed by atoms with van der Waals surface area (Å²) < 4.78 is 1.07. The molecule has 1 aliphatic heterocycles. The summed E-state index contributed by atoms with van der Waals surface area (Å²) in [6, 6.07) is 8.28. The van der Waals surface area contributed by atoms with Gasteiger partial charge >= 0.3 is 0 Å². The van der Waals surface area contributed by atoms with E-state index < -0.39 is 0 Å². The van der Waals surface area contributed by atoms with Crippen LogP contribution in [0.5, 0.6) is 0 Å². The Morgan fingerprint density at radius 2 is 2.33 bits per heavy atom. The van der Waals surface area contributed by atoms with Crippen LogP contribution in [0.3, 0.4) is 0 Å². The molecular formula is C13H18IN3O. The summed E-state index contributed by atoms with van der Waals surface area (Å²) in [7, 11) is 0. The highest BCUT2D eigenvalue weighted by Crippen LogP contribution is 2.16. The first-order valence-electron chi connectivity index (χ1n) is 6.15. The zero-order valence-corrected chi connectivity index (χ0v) is 12.6. The second kappa shape index (κ2) is 6.49. The highest BCUT2D eigenvalue weighted by Gasteiger charge is 2.18. The average Bonchev–Trinajstić information content (AvgIpc) is 2.32. The number of piperazine rings is 1. The molecule has 1 saturated heterocycles. The van der Waals surface area contributed by atoms with E-state index in [0.29, 0.717) is 12.6 Å². The lowest BCUT2D eigenvalue weighted by Gasteiger charge is -2.31. The van der Waals surface area contributed by atoms with Crippen molar-refractivity contribution in [3.8, 4) is 0 Å². The third-order valence-corrected chi connectivity index (χ3v) is 3.91. The van der Waals surface area contributed by atoms with Crippen LogP contribution in [-0.4, -0.2) is 43.0 Å². The molecule has 18 heavy (non-hydrogen) atoms. The monoisotopic (exact) mass is 359 g/mol. The summed E-state index contributed by atoms with van der Waals surface area (Å²) in [6.07, 6.45) is 0. The molecule has 1 aromatic rings. The zero-order valence-electron chi connectivity index (χ0n) is 10.4. The Bertz CT molecular complexity index is 424. The predicted octanol–water partition coefficient (Wildman–Crippen LogP) is 1.52. The summed E-state index contributed by atoms with van der Waals surface area (Å²) in [5.74, 6) is 0.0632. The first kappa shape index (κ1) is 13.8. The Morgan fingerprint density at radius 1 is 1.56 bits per heavy atom. The number of nitrogens with one attached hydrogen (secondary N) is 2. The number of nitrogens with zero attached hydrogens (tertiary/aromatic N) is 1. The molecule has 0 bridgehead atoms. The third-order valence-electron chi connectivity index (χ3n) is 2.97. The molecule has 0 aliphatic carbocycles. The number of halogens is 1. The van der Waals surface area contributed by atoms with Crippen molar-refractivity contribution in [3.05, 3.63) is 27.8 Å². The normalized spacial score (nSPS) is 20.7. The Kier molecular flexibility index (Phi) is 4.96. The number of hydrogen-bond donors (Lipinski definition) is 2. The number of anilines is 1. The van der Waals surface area contributed by atoms with E-state index >= 15 is 0 Å². The highest BCUT2D eigenvalue weighted by atomic mass is 127. The standard InChI is InChI=1S/C13H18IN3O/c1-10-8-17(7-6-15-10)9-13(18)16-12-5-3-2-4-11(12)14/h2-5,10,15H,6-9H2,1H3,(H,16,18). The van der Waals surface area contributed by atoms with Crippen LogP contribution in [0.1, 0.15) is 6.92 Å². The number of carbonyl (C=O) groups excluding carboxylic acids is 1. The first-order chi connectivity index (χ1) is 8.65. The van der Waals surface area contributed by atoms with E-state index in [-0.39, 0.29) is 5.91 Å². The van der Waals surface area contributed by atoms with Gasteiger partial charge in [0.1, 0.15) is 0 Å². The molecule has 1 heterocycles. The van der Waals surface area contributed by atoms with Crippen molar-refractivity contribution in [1.29, 1.82) is 0 Å². The van der Waals surface area contributed by atoms with Crippen molar-refractivity contribution in [2.24, 2.45) is 0 Å². The summed E-state index contributed by atoms with van der Waals surface area (Å²) in [4.78, 5) is 14.1. The van der Waals surface area contributed by atoms with Gasteiger partial charge in [0.25, 0.3) is 0 Å². The van der Waals surface area contributed by atoms with Gasteiger partial charge in [-0.3, -0.25) is 9.69 Å². The maximum Gasteiger partial charge on any atom is 0.238 e. The molecule has 0 spiro atoms. The van der Waals surface area contributed by atoms with Crippen molar-refractivity contribution < 1.29 is 4.79 Å². The van der Waals surface area contributed by atoms with E-state index in [1.165, 1.54) is 0 Å². The van der Waals surface area contributed by atoms with E-state index in [1.807, 2.05) is 24.3 Å². The summed E-state index contributed by atoms with van der Waals surface area (Å²) >= 11 is 2.23. The topological polar surface area (TPSA) is 44.4 Å². The smallest absolute Gasteiger partial charge is 0.238 e. The molecule has 1 aromatic carbocycles. The van der Waals surface area contributed by atoms with Crippen molar-refractivity contribution in [2.75, 3.05) is 31.5 Å². The van der Waals surface area contributed by atoms with Gasteiger partial charge in [-0.05, 0) is 41.6 Å². The molecule has 0 saturated carbocycles. The molecule has 1 aliphatic rings. The zero-order chi connectivity index (χ0) is 13.0. The Balaban J connectivity index is 1.87. The Hall–Kier alpha value is -0.660. The van der Waals surface area contributed by atoms with Crippen LogP contribution in [0.2, 0.25) is 0 Å². The SMILES string of the molecule is CC1CN(CC(=O)Nc2ccccc2I)CCN1. The molecular weight excluding hydrogens is 341 g/mol. The second-order valence-corrected chi connectivity index (χ2v) is 5.78. The average molecular weight is 359 g/mol. The Labute approximate surface area is 121 Å². The van der Waals surface area contributed by atoms with Crippen LogP contribution < -0.4 is 10.6 Å². The van der Waals surface area contributed by atoms with Crippen LogP contribution >= 0.6 is 22.6 Å². The molecule has 1 unspecified atom stereocenters. The fourth-order valence-electron chi connectivity index (χ4n) is 2.11. The van der Waals surface area contributed by atoms with Gasteiger partial charge in [0.2, 0.25) is 5.91 Å². The molecule has 2 rings (SSSR count). The highest BCUT2D eigenvalue weighted by molar-refractivity contribution is 14.1. The molecule has 1 fully saturated rings. The summed E-state index contributed by atoms with van der Waals surface area (Å²) in [5.41, 5.74) is 0.895. The van der Waals surface area contributed by atoms with E-state index in [0.717, 1.165) is 28.9 Å². The van der Waals surface area contributed by atoms with E-state index in [9.17, 15) is 4.79 Å². The van der Waals surface area contributed by atoms with Crippen molar-refractivity contribution >= 4 is 34.2 Å². The molecule has 98 valence electrons. The number of rotatable bonds is 3. The van der Waals surface area contributed by atoms with Gasteiger partial charge in [-0.2, -0.15) is 0 Å². The molecule has 2 N–H and O–H groups in total. The molecule has 0 radical (unpaired) electrons. The van der Waals surface area contributed by atoms with Gasteiger partial charge in [-0.25, -0.2) is 0 Å². The number of hydrogen-bond acceptors (Lipinski definition) is 3. The van der Waals surface area contributed by atoms with E-state index in [1.54, 1.807) is 0 Å². The van der Waals surface area contributed by atoms with Crippen LogP contribution in [0, 0.1) is 3.57 Å². The maximum absolute atomic E-state index is 12.0. The largest absolute Gasteiger partial charge is 0.324 e. The molecule has 1 atom stereocenters. The van der Waals surface area contributed by atoms with Gasteiger partial charge in [0, 0.05) is 29.2 Å². The van der Waals surface area contributed by atoms with Crippen LogP contribution in [0.25, 0.3) is 0 Å². The molecule has 5 heteroatoms. The lowest BCUT2D eigenvalue weighted by atomic mass is 10.2. The molecule has 1 amide bonds. The first-order valence-corrected chi connectivity index (χ1v) is 7.23. The van der Waals surface area contributed by atoms with Gasteiger partial charge < -0.3 is 10.6 Å². The van der Waals surface area contributed by atoms with Gasteiger partial charge in [0.15, 0.2) is 0 Å². The number of para-hydroxylation sites is 1. The quantitative estimate of drug-likeness (QED) is 0.805. The molecule has 4 nitrogen and oxygen atoms in total. The van der Waals surface area contributed by atoms with Crippen LogP contribution in [0.4, 0.5) is 5.69 Å². The second-order valence-electron chi connectivity index (χ2n) is 4.62. The Morgan fingerprint density at radius 3 is 3.06 bits per heavy atom. The van der Waals surface area contributed by atoms with Gasteiger partial charge in [-0.15, -0.1) is 0 Å². The number of carbonyl (C=O) groups is 1. The minimum Gasteiger partial charge on any atom is -0.324 e. The van der Waals surface area contributed by atoms with Crippen molar-refractivity contribution in [1.82, 2.24) is 10.2 Å². The summed E-state index contributed by atoms with van der Waals surface area (Å²) in [6.45, 7) is 5.43. The number of amides is 1. The van der Waals surface area contributed by atoms with Crippen LogP contribution in [0.15, 0.2) is 24.3 Å². The number of benzene rings is 1. The summed E-state index contributed by atoms with van der Waals surface area (Å²) in [5, 5.41) is 6.33. The van der Waals surface area contributed by atoms with Crippen LogP contribution in [-0.2, 0) is 4.79 Å². The lowest BCUT2D eigenvalue weighted by Crippen LogP contribution is -2.51. The minimum atomic E-state index is 0.0632. The van der Waals surface area contributed by atoms with Gasteiger partial charge in [0.05, 0.1) is 12.2 Å². The third kappa shape index (κ3) is 3.93. The van der Waals surface area contributed by atoms with Crippen molar-refractivity contribution in [2.45, 2.75) is 13.0 Å². The fraction of sp³-hybridized carbons (Fsp3) is 0.462. The predicted molar refractivity (Wildman–Crippen MR) is 81.7 cm³/mol.